The van der Waals surface area contributed by atoms with Gasteiger partial charge in [0.05, 0.1) is 16.8 Å². The molecule has 0 radical (unpaired) electrons. The fourth-order valence-electron chi connectivity index (χ4n) is 2.43. The number of fused-ring (bicyclic) bond motifs is 1. The Morgan fingerprint density at radius 2 is 1.64 bits per heavy atom. The van der Waals surface area contributed by atoms with Crippen LogP contribution in [0.15, 0.2) is 35.3 Å². The molecule has 2 aromatic heterocycles. The third-order valence-corrected chi connectivity index (χ3v) is 4.55. The second-order valence-corrected chi connectivity index (χ2v) is 6.56. The van der Waals surface area contributed by atoms with Crippen LogP contribution in [0.25, 0.3) is 5.52 Å². The third kappa shape index (κ3) is 2.19. The Morgan fingerprint density at radius 1 is 1.05 bits per heavy atom. The summed E-state index contributed by atoms with van der Waals surface area (Å²) in [6.07, 6.45) is 2.24. The maximum atomic E-state index is 12.2. The van der Waals surface area contributed by atoms with E-state index < -0.39 is 18.3 Å². The lowest BCUT2D eigenvalue weighted by Crippen LogP contribution is -2.41. The molecule has 0 spiro atoms. The van der Waals surface area contributed by atoms with Gasteiger partial charge in [-0.05, 0) is 51.4 Å². The average Bonchev–Trinajstić information content (AvgIpc) is 2.68. The van der Waals surface area contributed by atoms with Crippen molar-refractivity contribution in [1.82, 2.24) is 4.40 Å². The standard InChI is InChI=1S/C16H18BNO4/c1-15(2)16(3,4)22-17(21-15)12-6-8-13-7-5-11(10-19)14(20)18(13)9-12/h5-10H,1-4H3. The van der Waals surface area contributed by atoms with Crippen LogP contribution >= 0.6 is 0 Å². The highest BCUT2D eigenvalue weighted by molar-refractivity contribution is 6.62. The first-order valence-electron chi connectivity index (χ1n) is 7.21. The molecule has 5 nitrogen and oxygen atoms in total. The van der Waals surface area contributed by atoms with Crippen LogP contribution in [0.3, 0.4) is 0 Å². The molecule has 1 aliphatic rings. The molecule has 114 valence electrons. The molecule has 0 unspecified atom stereocenters. The maximum Gasteiger partial charge on any atom is 0.496 e. The van der Waals surface area contributed by atoms with E-state index in [-0.39, 0.29) is 11.1 Å². The second-order valence-electron chi connectivity index (χ2n) is 6.56. The second kappa shape index (κ2) is 4.79. The summed E-state index contributed by atoms with van der Waals surface area (Å²) in [6.45, 7) is 7.91. The molecule has 2 aromatic rings. The molecule has 6 heteroatoms. The minimum atomic E-state index is -0.541. The van der Waals surface area contributed by atoms with Gasteiger partial charge in [-0.1, -0.05) is 6.07 Å². The van der Waals surface area contributed by atoms with E-state index in [0.717, 1.165) is 11.0 Å². The van der Waals surface area contributed by atoms with Crippen molar-refractivity contribution in [3.05, 3.63) is 46.4 Å². The van der Waals surface area contributed by atoms with Crippen LogP contribution < -0.4 is 11.0 Å². The maximum absolute atomic E-state index is 12.2. The van der Waals surface area contributed by atoms with Crippen molar-refractivity contribution in [3.8, 4) is 0 Å². The summed E-state index contributed by atoms with van der Waals surface area (Å²) < 4.78 is 13.4. The van der Waals surface area contributed by atoms with Gasteiger partial charge in [-0.2, -0.15) is 0 Å². The van der Waals surface area contributed by atoms with Crippen LogP contribution in [0.1, 0.15) is 38.1 Å². The van der Waals surface area contributed by atoms with Crippen molar-refractivity contribution in [3.63, 3.8) is 0 Å². The van der Waals surface area contributed by atoms with Crippen LogP contribution in [-0.4, -0.2) is 29.0 Å². The SMILES string of the molecule is CC1(C)OB(c2ccc3ccc(C=O)c(=O)n3c2)OC1(C)C. The molecule has 1 saturated heterocycles. The predicted molar refractivity (Wildman–Crippen MR) is 84.8 cm³/mol. The van der Waals surface area contributed by atoms with E-state index in [2.05, 4.69) is 0 Å². The van der Waals surface area contributed by atoms with Crippen molar-refractivity contribution >= 4 is 24.4 Å². The van der Waals surface area contributed by atoms with E-state index in [9.17, 15) is 9.59 Å². The van der Waals surface area contributed by atoms with Gasteiger partial charge in [-0.25, -0.2) is 0 Å². The highest BCUT2D eigenvalue weighted by Crippen LogP contribution is 2.36. The average molecular weight is 299 g/mol. The summed E-state index contributed by atoms with van der Waals surface area (Å²) in [5.74, 6) is 0. The Kier molecular flexibility index (Phi) is 3.27. The molecule has 1 aliphatic heterocycles. The number of rotatable bonds is 2. The summed E-state index contributed by atoms with van der Waals surface area (Å²) in [5.41, 5.74) is 0.367. The zero-order chi connectivity index (χ0) is 16.1. The molecule has 0 N–H and O–H groups in total. The number of carbonyl (C=O) groups excluding carboxylic acids is 1. The highest BCUT2D eigenvalue weighted by Gasteiger charge is 2.51. The molecule has 22 heavy (non-hydrogen) atoms. The molecule has 0 atom stereocenters. The van der Waals surface area contributed by atoms with E-state index in [0.29, 0.717) is 6.29 Å². The quantitative estimate of drug-likeness (QED) is 0.621. The lowest BCUT2D eigenvalue weighted by atomic mass is 9.80. The molecule has 0 amide bonds. The van der Waals surface area contributed by atoms with E-state index >= 15 is 0 Å². The van der Waals surface area contributed by atoms with Gasteiger partial charge in [0, 0.05) is 11.7 Å². The smallest absolute Gasteiger partial charge is 0.399 e. The summed E-state index contributed by atoms with van der Waals surface area (Å²) in [6, 6.07) is 6.95. The van der Waals surface area contributed by atoms with Crippen molar-refractivity contribution < 1.29 is 14.1 Å². The Morgan fingerprint density at radius 3 is 2.23 bits per heavy atom. The number of carbonyl (C=O) groups is 1. The normalized spacial score (nSPS) is 19.5. The first kappa shape index (κ1) is 15.0. The minimum Gasteiger partial charge on any atom is -0.399 e. The molecule has 1 fully saturated rings. The zero-order valence-corrected chi connectivity index (χ0v) is 13.1. The monoisotopic (exact) mass is 299 g/mol. The van der Waals surface area contributed by atoms with Crippen molar-refractivity contribution in [2.24, 2.45) is 0 Å². The molecule has 3 heterocycles. The van der Waals surface area contributed by atoms with Crippen LogP contribution in [-0.2, 0) is 9.31 Å². The molecule has 0 aromatic carbocycles. The van der Waals surface area contributed by atoms with Crippen molar-refractivity contribution in [1.29, 1.82) is 0 Å². The fourth-order valence-corrected chi connectivity index (χ4v) is 2.43. The Labute approximate surface area is 129 Å². The largest absolute Gasteiger partial charge is 0.496 e. The van der Waals surface area contributed by atoms with Gasteiger partial charge >= 0.3 is 7.12 Å². The summed E-state index contributed by atoms with van der Waals surface area (Å²) in [5, 5.41) is 0. The van der Waals surface area contributed by atoms with Gasteiger partial charge in [0.1, 0.15) is 0 Å². The van der Waals surface area contributed by atoms with Crippen LogP contribution in [0.5, 0.6) is 0 Å². The summed E-state index contributed by atoms with van der Waals surface area (Å²) in [4.78, 5) is 23.2. The number of hydrogen-bond acceptors (Lipinski definition) is 4. The third-order valence-electron chi connectivity index (χ3n) is 4.55. The topological polar surface area (TPSA) is 57.0 Å². The molecule has 3 rings (SSSR count). The van der Waals surface area contributed by atoms with Crippen LogP contribution in [0.2, 0.25) is 0 Å². The number of nitrogens with zero attached hydrogens (tertiary/aromatic N) is 1. The highest BCUT2D eigenvalue weighted by atomic mass is 16.7. The fraction of sp³-hybridized carbons (Fsp3) is 0.375. The van der Waals surface area contributed by atoms with Crippen LogP contribution in [0, 0.1) is 0 Å². The molecule has 0 bridgehead atoms. The van der Waals surface area contributed by atoms with Gasteiger partial charge in [0.2, 0.25) is 0 Å². The summed E-state index contributed by atoms with van der Waals surface area (Å²) in [7, 11) is -0.541. The zero-order valence-electron chi connectivity index (χ0n) is 13.1. The van der Waals surface area contributed by atoms with E-state index in [1.165, 1.54) is 10.5 Å². The van der Waals surface area contributed by atoms with E-state index in [1.807, 2.05) is 39.8 Å². The number of aldehydes is 1. The Balaban J connectivity index is 2.08. The number of hydrogen-bond donors (Lipinski definition) is 0. The predicted octanol–water partition coefficient (Wildman–Crippen LogP) is 1.41. The summed E-state index contributed by atoms with van der Waals surface area (Å²) >= 11 is 0. The van der Waals surface area contributed by atoms with Crippen LogP contribution in [0.4, 0.5) is 0 Å². The number of aromatic nitrogens is 1. The van der Waals surface area contributed by atoms with E-state index in [4.69, 9.17) is 9.31 Å². The lowest BCUT2D eigenvalue weighted by molar-refractivity contribution is 0.00578. The van der Waals surface area contributed by atoms with Gasteiger partial charge in [-0.15, -0.1) is 0 Å². The first-order chi connectivity index (χ1) is 10.2. The molecular weight excluding hydrogens is 281 g/mol. The molecule has 0 saturated carbocycles. The van der Waals surface area contributed by atoms with Gasteiger partial charge < -0.3 is 9.31 Å². The van der Waals surface area contributed by atoms with Crippen molar-refractivity contribution in [2.45, 2.75) is 38.9 Å². The van der Waals surface area contributed by atoms with Gasteiger partial charge in [0.25, 0.3) is 5.56 Å². The van der Waals surface area contributed by atoms with E-state index in [1.54, 1.807) is 12.3 Å². The van der Waals surface area contributed by atoms with Gasteiger partial charge in [-0.3, -0.25) is 14.0 Å². The van der Waals surface area contributed by atoms with Crippen molar-refractivity contribution in [2.75, 3.05) is 0 Å². The first-order valence-corrected chi connectivity index (χ1v) is 7.21. The lowest BCUT2D eigenvalue weighted by Gasteiger charge is -2.32. The minimum absolute atomic E-state index is 0.128. The Hall–Kier alpha value is -1.92. The number of pyridine rings is 2. The van der Waals surface area contributed by atoms with Gasteiger partial charge in [0.15, 0.2) is 6.29 Å². The molecule has 0 aliphatic carbocycles. The molecular formula is C16H18BNO4. The Bertz CT molecular complexity index is 793.